The minimum absolute atomic E-state index is 0.164. The van der Waals surface area contributed by atoms with Crippen LogP contribution in [0.5, 0.6) is 5.75 Å². The third-order valence-corrected chi connectivity index (χ3v) is 6.84. The molecule has 0 bridgehead atoms. The zero-order valence-corrected chi connectivity index (χ0v) is 24.1. The SMILES string of the molecule is CCOC(=O)CN1CCN(CCCOc2cc3ncnc(Nc4cccc(Br)c4)c3cc2NCC#CC=O)CC1. The summed E-state index contributed by atoms with van der Waals surface area (Å²) in [6.45, 7) is 7.80. The highest BCUT2D eigenvalue weighted by Crippen LogP contribution is 2.33. The van der Waals surface area contributed by atoms with Crippen molar-refractivity contribution in [1.29, 1.82) is 0 Å². The minimum Gasteiger partial charge on any atom is -0.491 e. The van der Waals surface area contributed by atoms with Crippen molar-refractivity contribution in [3.05, 3.63) is 47.2 Å². The molecule has 1 aliphatic rings. The molecule has 0 unspecified atom stereocenters. The van der Waals surface area contributed by atoms with Gasteiger partial charge in [-0.2, -0.15) is 0 Å². The molecule has 11 heteroatoms. The average Bonchev–Trinajstić information content (AvgIpc) is 2.95. The van der Waals surface area contributed by atoms with Crippen LogP contribution in [0.25, 0.3) is 10.9 Å². The molecule has 2 N–H and O–H groups in total. The maximum atomic E-state index is 11.7. The zero-order chi connectivity index (χ0) is 28.2. The van der Waals surface area contributed by atoms with E-state index in [-0.39, 0.29) is 5.97 Å². The van der Waals surface area contributed by atoms with E-state index in [1.807, 2.05) is 43.3 Å². The third-order valence-electron chi connectivity index (χ3n) is 6.35. The molecule has 3 aromatic rings. The number of nitrogens with one attached hydrogen (secondary N) is 2. The first-order valence-electron chi connectivity index (χ1n) is 13.3. The molecule has 0 aliphatic carbocycles. The summed E-state index contributed by atoms with van der Waals surface area (Å²) in [4.78, 5) is 35.8. The summed E-state index contributed by atoms with van der Waals surface area (Å²) >= 11 is 3.50. The van der Waals surface area contributed by atoms with E-state index in [9.17, 15) is 9.59 Å². The Kier molecular flexibility index (Phi) is 11.1. The number of fused-ring (bicyclic) bond motifs is 1. The summed E-state index contributed by atoms with van der Waals surface area (Å²) in [6, 6.07) is 11.7. The topological polar surface area (TPSA) is 109 Å². The number of nitrogens with zero attached hydrogens (tertiary/aromatic N) is 4. The average molecular weight is 610 g/mol. The fraction of sp³-hybridized carbons (Fsp3) is 0.379. The number of anilines is 3. The standard InChI is InChI=1S/C29H33BrN6O4/c1-2-39-28(38)20-36-13-11-35(12-14-36)10-6-16-40-27-19-25-24(18-26(27)31-9-3-4-15-37)29(33-21-32-25)34-23-8-5-7-22(30)17-23/h5,7-8,15,17-19,21,31H,2,6,9-14,16,20H2,1H3,(H,32,33,34). The van der Waals surface area contributed by atoms with Gasteiger partial charge in [-0.3, -0.25) is 14.5 Å². The van der Waals surface area contributed by atoms with Gasteiger partial charge in [-0.25, -0.2) is 9.97 Å². The normalized spacial score (nSPS) is 13.8. The summed E-state index contributed by atoms with van der Waals surface area (Å²) in [7, 11) is 0. The highest BCUT2D eigenvalue weighted by molar-refractivity contribution is 9.10. The number of carbonyl (C=O) groups excluding carboxylic acids is 2. The highest BCUT2D eigenvalue weighted by Gasteiger charge is 2.19. The number of aldehydes is 1. The lowest BCUT2D eigenvalue weighted by Gasteiger charge is -2.34. The number of halogens is 1. The van der Waals surface area contributed by atoms with E-state index in [1.54, 1.807) is 0 Å². The number of rotatable bonds is 12. The molecule has 10 nitrogen and oxygen atoms in total. The molecule has 210 valence electrons. The molecule has 0 saturated carbocycles. The van der Waals surface area contributed by atoms with Crippen LogP contribution in [0, 0.1) is 11.8 Å². The van der Waals surface area contributed by atoms with Gasteiger partial charge in [-0.1, -0.05) is 27.9 Å². The summed E-state index contributed by atoms with van der Waals surface area (Å²) in [5.74, 6) is 6.36. The van der Waals surface area contributed by atoms with Crippen molar-refractivity contribution in [2.75, 3.05) is 69.7 Å². The van der Waals surface area contributed by atoms with Crippen LogP contribution in [0.3, 0.4) is 0 Å². The van der Waals surface area contributed by atoms with Crippen LogP contribution in [0.4, 0.5) is 17.2 Å². The fourth-order valence-corrected chi connectivity index (χ4v) is 4.81. The monoisotopic (exact) mass is 608 g/mol. The van der Waals surface area contributed by atoms with Crippen molar-refractivity contribution in [1.82, 2.24) is 19.8 Å². The van der Waals surface area contributed by atoms with Gasteiger partial charge in [0.25, 0.3) is 0 Å². The Balaban J connectivity index is 1.39. The number of aromatic nitrogens is 2. The number of benzene rings is 2. The summed E-state index contributed by atoms with van der Waals surface area (Å²) in [5.41, 5.74) is 2.37. The summed E-state index contributed by atoms with van der Waals surface area (Å²) < 4.78 is 12.2. The van der Waals surface area contributed by atoms with Gasteiger partial charge >= 0.3 is 5.97 Å². The lowest BCUT2D eigenvalue weighted by atomic mass is 10.1. The molecule has 0 atom stereocenters. The molecule has 1 saturated heterocycles. The molecule has 2 aromatic carbocycles. The van der Waals surface area contributed by atoms with Gasteiger partial charge in [-0.05, 0) is 43.5 Å². The van der Waals surface area contributed by atoms with E-state index < -0.39 is 0 Å². The second-order valence-electron chi connectivity index (χ2n) is 9.14. The van der Waals surface area contributed by atoms with Gasteiger partial charge in [0.15, 0.2) is 6.29 Å². The van der Waals surface area contributed by atoms with Crippen molar-refractivity contribution in [3.8, 4) is 17.6 Å². The van der Waals surface area contributed by atoms with Gasteiger partial charge in [0.1, 0.15) is 17.9 Å². The van der Waals surface area contributed by atoms with Gasteiger partial charge in [-0.15, -0.1) is 0 Å². The van der Waals surface area contributed by atoms with Crippen molar-refractivity contribution < 1.29 is 19.1 Å². The van der Waals surface area contributed by atoms with Crippen molar-refractivity contribution in [2.24, 2.45) is 0 Å². The fourth-order valence-electron chi connectivity index (χ4n) is 4.41. The maximum Gasteiger partial charge on any atom is 0.320 e. The highest BCUT2D eigenvalue weighted by atomic mass is 79.9. The van der Waals surface area contributed by atoms with Crippen molar-refractivity contribution in [2.45, 2.75) is 13.3 Å². The Morgan fingerprint density at radius 2 is 1.98 bits per heavy atom. The number of ether oxygens (including phenoxy) is 2. The van der Waals surface area contributed by atoms with Gasteiger partial charge in [0.2, 0.25) is 0 Å². The van der Waals surface area contributed by atoms with Gasteiger partial charge < -0.3 is 25.0 Å². The Morgan fingerprint density at radius 1 is 1.15 bits per heavy atom. The van der Waals surface area contributed by atoms with E-state index in [0.29, 0.717) is 44.2 Å². The Labute approximate surface area is 242 Å². The lowest BCUT2D eigenvalue weighted by Crippen LogP contribution is -2.48. The van der Waals surface area contributed by atoms with Crippen LogP contribution in [-0.2, 0) is 14.3 Å². The van der Waals surface area contributed by atoms with Crippen LogP contribution in [0.2, 0.25) is 0 Å². The van der Waals surface area contributed by atoms with E-state index in [4.69, 9.17) is 9.47 Å². The van der Waals surface area contributed by atoms with Crippen LogP contribution in [-0.4, -0.2) is 91.1 Å². The van der Waals surface area contributed by atoms with Crippen LogP contribution in [0.1, 0.15) is 13.3 Å². The second-order valence-corrected chi connectivity index (χ2v) is 10.1. The lowest BCUT2D eigenvalue weighted by molar-refractivity contribution is -0.144. The van der Waals surface area contributed by atoms with Gasteiger partial charge in [0, 0.05) is 54.3 Å². The zero-order valence-electron chi connectivity index (χ0n) is 22.5. The number of hydrogen-bond acceptors (Lipinski definition) is 10. The predicted octanol–water partition coefficient (Wildman–Crippen LogP) is 3.70. The first-order chi connectivity index (χ1) is 19.6. The number of esters is 1. The van der Waals surface area contributed by atoms with Crippen molar-refractivity contribution >= 4 is 56.3 Å². The van der Waals surface area contributed by atoms with E-state index in [0.717, 1.165) is 65.9 Å². The molecular weight excluding hydrogens is 576 g/mol. The number of hydrogen-bond donors (Lipinski definition) is 2. The largest absolute Gasteiger partial charge is 0.491 e. The molecule has 0 amide bonds. The molecule has 1 fully saturated rings. The molecule has 0 spiro atoms. The molecule has 1 aromatic heterocycles. The van der Waals surface area contributed by atoms with Crippen LogP contribution >= 0.6 is 15.9 Å². The first kappa shape index (κ1) is 29.3. The van der Waals surface area contributed by atoms with E-state index in [2.05, 4.69) is 58.2 Å². The Hall–Kier alpha value is -3.72. The van der Waals surface area contributed by atoms with Crippen LogP contribution in [0.15, 0.2) is 47.2 Å². The second kappa shape index (κ2) is 15.2. The number of carbonyl (C=O) groups is 2. The Bertz CT molecular complexity index is 1370. The molecule has 1 aliphatic heterocycles. The maximum absolute atomic E-state index is 11.7. The molecule has 2 heterocycles. The van der Waals surface area contributed by atoms with E-state index in [1.165, 1.54) is 6.33 Å². The smallest absolute Gasteiger partial charge is 0.320 e. The number of piperazine rings is 1. The molecule has 0 radical (unpaired) electrons. The molecular formula is C29H33BrN6O4. The Morgan fingerprint density at radius 3 is 2.75 bits per heavy atom. The summed E-state index contributed by atoms with van der Waals surface area (Å²) in [5, 5.41) is 7.44. The molecule has 4 rings (SSSR count). The minimum atomic E-state index is -0.164. The summed E-state index contributed by atoms with van der Waals surface area (Å²) in [6.07, 6.45) is 2.94. The van der Waals surface area contributed by atoms with Crippen molar-refractivity contribution in [3.63, 3.8) is 0 Å². The van der Waals surface area contributed by atoms with E-state index >= 15 is 0 Å². The predicted molar refractivity (Wildman–Crippen MR) is 159 cm³/mol. The van der Waals surface area contributed by atoms with Gasteiger partial charge in [0.05, 0.1) is 37.5 Å². The molecule has 40 heavy (non-hydrogen) atoms. The van der Waals surface area contributed by atoms with Crippen LogP contribution < -0.4 is 15.4 Å². The third kappa shape index (κ3) is 8.64. The first-order valence-corrected chi connectivity index (χ1v) is 14.1. The quantitative estimate of drug-likeness (QED) is 0.137.